The van der Waals surface area contributed by atoms with Crippen molar-refractivity contribution in [1.29, 1.82) is 0 Å². The van der Waals surface area contributed by atoms with Gasteiger partial charge in [-0.2, -0.15) is 4.58 Å². The van der Waals surface area contributed by atoms with Crippen LogP contribution in [0, 0.1) is 0 Å². The van der Waals surface area contributed by atoms with E-state index in [4.69, 9.17) is 5.73 Å². The molecule has 0 bridgehead atoms. The molecule has 8 rings (SSSR count). The van der Waals surface area contributed by atoms with Crippen LogP contribution in [0.2, 0.25) is 0 Å². The van der Waals surface area contributed by atoms with Crippen molar-refractivity contribution in [3.05, 3.63) is 186 Å². The summed E-state index contributed by atoms with van der Waals surface area (Å²) in [6.07, 6.45) is 16.2. The molecule has 0 saturated heterocycles. The SMILES string of the molecule is C/C=C(\C=C/C1=[N+](c2cccc3ccccc23)c2c1ccc1cc(-c3cccc(C(/C=C\N)=C/C)c3)ccc21)c1cccc(C2=CN=C2)c1. The molecule has 0 fully saturated rings. The summed E-state index contributed by atoms with van der Waals surface area (Å²) in [5, 5.41) is 4.90. The number of nitrogens with zero attached hydrogens (tertiary/aromatic N) is 2. The monoisotopic (exact) mass is 630 g/mol. The van der Waals surface area contributed by atoms with Crippen molar-refractivity contribution in [2.24, 2.45) is 10.7 Å². The molecule has 234 valence electrons. The maximum atomic E-state index is 5.73. The Bertz CT molecular complexity index is 2510. The number of aliphatic imine (C=N–C) groups is 1. The molecule has 2 aliphatic rings. The Hall–Kier alpha value is -6.32. The third-order valence-electron chi connectivity index (χ3n) is 9.54. The van der Waals surface area contributed by atoms with E-state index < -0.39 is 0 Å². The van der Waals surface area contributed by atoms with E-state index in [-0.39, 0.29) is 0 Å². The fraction of sp³-hybridized carbons (Fsp3) is 0.0435. The number of rotatable bonds is 8. The standard InChI is InChI=1S/C46H36N3/c1-3-31(34-12-8-15-37(27-34)40-29-48-30-40)20-23-45-43-22-19-39-28-38(36-14-7-13-35(26-36)32(4-2)24-25-47)18-21-42(39)46(43)49(45)44-17-9-11-33-10-5-6-16-41(33)44/h3-30H,47H2,1-2H3/q+1/b23-20-,25-24-,31-3+,32-4+. The molecule has 2 N–H and O–H groups in total. The maximum absolute atomic E-state index is 5.73. The van der Waals surface area contributed by atoms with E-state index in [1.807, 2.05) is 25.4 Å². The lowest BCUT2D eigenvalue weighted by Gasteiger charge is -2.21. The highest BCUT2D eigenvalue weighted by Crippen LogP contribution is 2.43. The van der Waals surface area contributed by atoms with Crippen molar-refractivity contribution < 1.29 is 0 Å². The predicted molar refractivity (Wildman–Crippen MR) is 212 cm³/mol. The van der Waals surface area contributed by atoms with Gasteiger partial charge in [-0.3, -0.25) is 4.99 Å². The summed E-state index contributed by atoms with van der Waals surface area (Å²) in [7, 11) is 0. The van der Waals surface area contributed by atoms with Gasteiger partial charge in [-0.15, -0.1) is 0 Å². The van der Waals surface area contributed by atoms with Gasteiger partial charge in [0.25, 0.3) is 0 Å². The maximum Gasteiger partial charge on any atom is 0.233 e. The highest BCUT2D eigenvalue weighted by atomic mass is 15.1. The Kier molecular flexibility index (Phi) is 7.79. The fourth-order valence-electron chi connectivity index (χ4n) is 6.99. The lowest BCUT2D eigenvalue weighted by molar-refractivity contribution is 1.06. The molecule has 6 aromatic rings. The lowest BCUT2D eigenvalue weighted by Crippen LogP contribution is -2.28. The van der Waals surface area contributed by atoms with E-state index in [0.29, 0.717) is 0 Å². The minimum atomic E-state index is 1.10. The van der Waals surface area contributed by atoms with Crippen LogP contribution < -0.4 is 10.3 Å². The summed E-state index contributed by atoms with van der Waals surface area (Å²) >= 11 is 0. The van der Waals surface area contributed by atoms with Gasteiger partial charge in [0.1, 0.15) is 5.56 Å². The van der Waals surface area contributed by atoms with Crippen LogP contribution in [0.15, 0.2) is 169 Å². The first-order valence-electron chi connectivity index (χ1n) is 16.7. The summed E-state index contributed by atoms with van der Waals surface area (Å²) in [4.78, 5) is 4.16. The Balaban J connectivity index is 1.24. The second kappa shape index (κ2) is 12.7. The van der Waals surface area contributed by atoms with Crippen LogP contribution in [0.25, 0.3) is 49.4 Å². The largest absolute Gasteiger partial charge is 0.405 e. The van der Waals surface area contributed by atoms with Crippen LogP contribution in [0.4, 0.5) is 11.4 Å². The average molecular weight is 631 g/mol. The lowest BCUT2D eigenvalue weighted by atomic mass is 9.90. The average Bonchev–Trinajstić information content (AvgIpc) is 3.11. The highest BCUT2D eigenvalue weighted by Gasteiger charge is 2.38. The van der Waals surface area contributed by atoms with Gasteiger partial charge < -0.3 is 5.73 Å². The van der Waals surface area contributed by atoms with Gasteiger partial charge in [-0.05, 0) is 118 Å². The normalized spacial score (nSPS) is 14.4. The molecule has 0 amide bonds. The highest BCUT2D eigenvalue weighted by molar-refractivity contribution is 6.26. The summed E-state index contributed by atoms with van der Waals surface area (Å²) in [5.74, 6) is 0. The van der Waals surface area contributed by atoms with Crippen LogP contribution in [0.1, 0.15) is 36.1 Å². The second-order valence-electron chi connectivity index (χ2n) is 12.3. The van der Waals surface area contributed by atoms with Crippen molar-refractivity contribution in [1.82, 2.24) is 4.58 Å². The molecule has 2 aliphatic heterocycles. The summed E-state index contributed by atoms with van der Waals surface area (Å²) in [5.41, 5.74) is 19.9. The third-order valence-corrected chi connectivity index (χ3v) is 9.54. The number of hydrogen-bond donors (Lipinski definition) is 1. The fourth-order valence-corrected chi connectivity index (χ4v) is 6.99. The van der Waals surface area contributed by atoms with Crippen molar-refractivity contribution in [2.75, 3.05) is 0 Å². The molecule has 0 atom stereocenters. The summed E-state index contributed by atoms with van der Waals surface area (Å²) in [6, 6.07) is 44.0. The molecule has 0 saturated carbocycles. The van der Waals surface area contributed by atoms with Gasteiger partial charge in [0.15, 0.2) is 0 Å². The van der Waals surface area contributed by atoms with E-state index in [0.717, 1.165) is 11.1 Å². The first-order valence-corrected chi connectivity index (χ1v) is 16.7. The first kappa shape index (κ1) is 30.0. The van der Waals surface area contributed by atoms with Gasteiger partial charge in [0, 0.05) is 30.1 Å². The number of hydrogen-bond acceptors (Lipinski definition) is 2. The molecular formula is C46H36N3+. The first-order chi connectivity index (χ1) is 24.2. The predicted octanol–water partition coefficient (Wildman–Crippen LogP) is 11.3. The summed E-state index contributed by atoms with van der Waals surface area (Å²) < 4.78 is 2.44. The second-order valence-corrected chi connectivity index (χ2v) is 12.3. The Morgan fingerprint density at radius 2 is 1.33 bits per heavy atom. The van der Waals surface area contributed by atoms with Gasteiger partial charge in [-0.25, -0.2) is 0 Å². The van der Waals surface area contributed by atoms with Crippen molar-refractivity contribution in [2.45, 2.75) is 13.8 Å². The Labute approximate surface area is 287 Å². The molecule has 0 unspecified atom stereocenters. The molecule has 0 radical (unpaired) electrons. The van der Waals surface area contributed by atoms with Gasteiger partial charge in [0.2, 0.25) is 17.1 Å². The number of fused-ring (bicyclic) bond motifs is 4. The van der Waals surface area contributed by atoms with Gasteiger partial charge >= 0.3 is 0 Å². The zero-order chi connectivity index (χ0) is 33.3. The van der Waals surface area contributed by atoms with E-state index in [1.54, 1.807) is 6.20 Å². The summed E-state index contributed by atoms with van der Waals surface area (Å²) in [6.45, 7) is 4.14. The zero-order valence-corrected chi connectivity index (χ0v) is 27.6. The van der Waals surface area contributed by atoms with Gasteiger partial charge in [-0.1, -0.05) is 91.0 Å². The van der Waals surface area contributed by atoms with Crippen LogP contribution in [0.3, 0.4) is 0 Å². The van der Waals surface area contributed by atoms with Crippen molar-refractivity contribution in [3.63, 3.8) is 0 Å². The smallest absolute Gasteiger partial charge is 0.233 e. The Morgan fingerprint density at radius 1 is 0.633 bits per heavy atom. The third kappa shape index (κ3) is 5.36. The van der Waals surface area contributed by atoms with E-state index in [9.17, 15) is 0 Å². The molecule has 6 aromatic carbocycles. The van der Waals surface area contributed by atoms with Crippen LogP contribution in [-0.4, -0.2) is 11.9 Å². The van der Waals surface area contributed by atoms with Crippen molar-refractivity contribution in [3.8, 4) is 11.1 Å². The molecule has 3 nitrogen and oxygen atoms in total. The number of allylic oxidation sites excluding steroid dienone is 8. The topological polar surface area (TPSA) is 41.4 Å². The molecule has 49 heavy (non-hydrogen) atoms. The van der Waals surface area contributed by atoms with Crippen LogP contribution >= 0.6 is 0 Å². The van der Waals surface area contributed by atoms with E-state index in [2.05, 4.69) is 162 Å². The molecule has 0 spiro atoms. The zero-order valence-electron chi connectivity index (χ0n) is 27.6. The van der Waals surface area contributed by atoms with Crippen molar-refractivity contribution >= 4 is 61.6 Å². The quantitative estimate of drug-likeness (QED) is 0.132. The van der Waals surface area contributed by atoms with Crippen LogP contribution in [-0.2, 0) is 0 Å². The van der Waals surface area contributed by atoms with Gasteiger partial charge in [0.05, 0.1) is 10.8 Å². The minimum absolute atomic E-state index is 1.10. The molecule has 3 heteroatoms. The molecular weight excluding hydrogens is 595 g/mol. The van der Waals surface area contributed by atoms with Crippen LogP contribution in [0.5, 0.6) is 0 Å². The van der Waals surface area contributed by atoms with E-state index >= 15 is 0 Å². The molecule has 0 aliphatic carbocycles. The Morgan fingerprint density at radius 3 is 2.08 bits per heavy atom. The molecule has 2 heterocycles. The minimum Gasteiger partial charge on any atom is -0.405 e. The van der Waals surface area contributed by atoms with E-state index in [1.165, 1.54) is 77.6 Å². The molecule has 0 aromatic heterocycles. The number of benzene rings is 6. The number of nitrogens with two attached hydrogens (primary N) is 1.